The lowest BCUT2D eigenvalue weighted by Crippen LogP contribution is -2.43. The highest BCUT2D eigenvalue weighted by atomic mass is 19.1. The van der Waals surface area contributed by atoms with Crippen LogP contribution in [0.5, 0.6) is 0 Å². The van der Waals surface area contributed by atoms with Gasteiger partial charge in [0.2, 0.25) is 0 Å². The molecule has 2 aromatic rings. The van der Waals surface area contributed by atoms with Gasteiger partial charge in [-0.05, 0) is 37.1 Å². The van der Waals surface area contributed by atoms with Gasteiger partial charge in [-0.1, -0.05) is 0 Å². The predicted octanol–water partition coefficient (Wildman–Crippen LogP) is 1.95. The second kappa shape index (κ2) is 8.51. The molecule has 4 N–H and O–H groups in total. The SMILES string of the molecule is CCNC(=NCC1(O)CCOCC1)NCCc1c[nH]c2cc(F)ccc12. The Kier molecular flexibility index (Phi) is 6.11. The van der Waals surface area contributed by atoms with Crippen LogP contribution in [0.1, 0.15) is 25.3 Å². The van der Waals surface area contributed by atoms with Gasteiger partial charge < -0.3 is 25.5 Å². The largest absolute Gasteiger partial charge is 0.388 e. The van der Waals surface area contributed by atoms with Gasteiger partial charge in [0.05, 0.1) is 12.1 Å². The molecule has 0 saturated carbocycles. The smallest absolute Gasteiger partial charge is 0.191 e. The number of guanidine groups is 1. The Morgan fingerprint density at radius 2 is 2.15 bits per heavy atom. The molecule has 0 amide bonds. The molecule has 0 aliphatic carbocycles. The topological polar surface area (TPSA) is 81.7 Å². The highest BCUT2D eigenvalue weighted by molar-refractivity contribution is 5.83. The first kappa shape index (κ1) is 18.7. The average molecular weight is 362 g/mol. The average Bonchev–Trinajstić information content (AvgIpc) is 3.02. The summed E-state index contributed by atoms with van der Waals surface area (Å²) >= 11 is 0. The number of aliphatic hydroxyl groups is 1. The Hall–Kier alpha value is -2.12. The number of aliphatic imine (C=N–C) groups is 1. The van der Waals surface area contributed by atoms with E-state index < -0.39 is 5.60 Å². The number of halogens is 1. The van der Waals surface area contributed by atoms with Crippen LogP contribution in [0.15, 0.2) is 29.4 Å². The second-order valence-electron chi connectivity index (χ2n) is 6.71. The number of hydrogen-bond acceptors (Lipinski definition) is 3. The standard InChI is InChI=1S/C19H27FN4O2/c1-2-21-18(24-13-19(25)6-9-26-10-7-19)22-8-5-14-12-23-17-11-15(20)3-4-16(14)17/h3-4,11-12,23,25H,2,5-10,13H2,1H3,(H2,21,22,24). The Labute approximate surface area is 152 Å². The van der Waals surface area contributed by atoms with E-state index in [1.807, 2.05) is 13.1 Å². The van der Waals surface area contributed by atoms with Crippen LogP contribution in [0.3, 0.4) is 0 Å². The van der Waals surface area contributed by atoms with Gasteiger partial charge in [0.15, 0.2) is 5.96 Å². The summed E-state index contributed by atoms with van der Waals surface area (Å²) in [5.41, 5.74) is 1.16. The monoisotopic (exact) mass is 362 g/mol. The van der Waals surface area contributed by atoms with Gasteiger partial charge in [-0.3, -0.25) is 4.99 Å². The minimum absolute atomic E-state index is 0.239. The summed E-state index contributed by atoms with van der Waals surface area (Å²) < 4.78 is 18.6. The van der Waals surface area contributed by atoms with Gasteiger partial charge in [0.1, 0.15) is 5.82 Å². The molecule has 0 bridgehead atoms. The molecule has 1 aromatic heterocycles. The molecule has 1 saturated heterocycles. The molecule has 142 valence electrons. The van der Waals surface area contributed by atoms with Crippen LogP contribution in [-0.2, 0) is 11.2 Å². The Bertz CT molecular complexity index is 753. The van der Waals surface area contributed by atoms with E-state index in [1.54, 1.807) is 6.07 Å². The van der Waals surface area contributed by atoms with Crippen molar-refractivity contribution in [3.05, 3.63) is 35.8 Å². The summed E-state index contributed by atoms with van der Waals surface area (Å²) in [7, 11) is 0. The van der Waals surface area contributed by atoms with Crippen LogP contribution < -0.4 is 10.6 Å². The molecular formula is C19H27FN4O2. The first-order valence-corrected chi connectivity index (χ1v) is 9.17. The molecule has 0 atom stereocenters. The number of rotatable bonds is 6. The Balaban J connectivity index is 1.56. The van der Waals surface area contributed by atoms with Crippen LogP contribution in [0.4, 0.5) is 4.39 Å². The van der Waals surface area contributed by atoms with Gasteiger partial charge >= 0.3 is 0 Å². The molecular weight excluding hydrogens is 335 g/mol. The summed E-state index contributed by atoms with van der Waals surface area (Å²) in [5.74, 6) is 0.454. The molecule has 3 rings (SSSR count). The number of ether oxygens (including phenoxy) is 1. The third kappa shape index (κ3) is 4.74. The molecule has 0 radical (unpaired) electrons. The predicted molar refractivity (Wildman–Crippen MR) is 101 cm³/mol. The van der Waals surface area contributed by atoms with Gasteiger partial charge in [0, 0.05) is 56.2 Å². The van der Waals surface area contributed by atoms with E-state index in [4.69, 9.17) is 4.74 Å². The molecule has 1 aromatic carbocycles. The highest BCUT2D eigenvalue weighted by Crippen LogP contribution is 2.21. The van der Waals surface area contributed by atoms with E-state index >= 15 is 0 Å². The van der Waals surface area contributed by atoms with Crippen molar-refractivity contribution in [3.8, 4) is 0 Å². The van der Waals surface area contributed by atoms with E-state index in [9.17, 15) is 9.50 Å². The van der Waals surface area contributed by atoms with Crippen LogP contribution in [0, 0.1) is 5.82 Å². The number of aromatic nitrogens is 1. The fraction of sp³-hybridized carbons (Fsp3) is 0.526. The summed E-state index contributed by atoms with van der Waals surface area (Å²) in [6.07, 6.45) is 3.93. The zero-order chi connectivity index (χ0) is 18.4. The minimum Gasteiger partial charge on any atom is -0.388 e. The molecule has 1 fully saturated rings. The van der Waals surface area contributed by atoms with E-state index in [-0.39, 0.29) is 5.82 Å². The number of nitrogens with zero attached hydrogens (tertiary/aromatic N) is 1. The van der Waals surface area contributed by atoms with E-state index in [0.717, 1.165) is 29.4 Å². The van der Waals surface area contributed by atoms with Crippen molar-refractivity contribution in [1.82, 2.24) is 15.6 Å². The number of benzene rings is 1. The van der Waals surface area contributed by atoms with Crippen LogP contribution in [0.25, 0.3) is 10.9 Å². The number of nitrogens with one attached hydrogen (secondary N) is 3. The molecule has 6 nitrogen and oxygen atoms in total. The molecule has 2 heterocycles. The Morgan fingerprint density at radius 1 is 1.35 bits per heavy atom. The van der Waals surface area contributed by atoms with Crippen LogP contribution in [-0.4, -0.2) is 54.5 Å². The number of H-pyrrole nitrogens is 1. The maximum absolute atomic E-state index is 13.3. The van der Waals surface area contributed by atoms with Crippen molar-refractivity contribution >= 4 is 16.9 Å². The fourth-order valence-electron chi connectivity index (χ4n) is 3.16. The molecule has 26 heavy (non-hydrogen) atoms. The second-order valence-corrected chi connectivity index (χ2v) is 6.71. The first-order valence-electron chi connectivity index (χ1n) is 9.17. The first-order chi connectivity index (χ1) is 12.6. The van der Waals surface area contributed by atoms with Gasteiger partial charge in [-0.15, -0.1) is 0 Å². The van der Waals surface area contributed by atoms with Crippen molar-refractivity contribution in [2.45, 2.75) is 31.8 Å². The highest BCUT2D eigenvalue weighted by Gasteiger charge is 2.29. The Morgan fingerprint density at radius 3 is 2.92 bits per heavy atom. The zero-order valence-corrected chi connectivity index (χ0v) is 15.1. The van der Waals surface area contributed by atoms with Crippen molar-refractivity contribution < 1.29 is 14.2 Å². The lowest BCUT2D eigenvalue weighted by atomic mass is 9.95. The van der Waals surface area contributed by atoms with Gasteiger partial charge in [-0.25, -0.2) is 4.39 Å². The van der Waals surface area contributed by atoms with E-state index in [1.165, 1.54) is 12.1 Å². The van der Waals surface area contributed by atoms with Gasteiger partial charge in [0.25, 0.3) is 0 Å². The van der Waals surface area contributed by atoms with Crippen molar-refractivity contribution in [2.75, 3.05) is 32.8 Å². The summed E-state index contributed by atoms with van der Waals surface area (Å²) in [6.45, 7) is 4.97. The third-order valence-electron chi connectivity index (χ3n) is 4.72. The molecule has 1 aliphatic heterocycles. The normalized spacial score (nSPS) is 17.4. The maximum Gasteiger partial charge on any atom is 0.191 e. The maximum atomic E-state index is 13.3. The van der Waals surface area contributed by atoms with Crippen molar-refractivity contribution in [2.24, 2.45) is 4.99 Å². The zero-order valence-electron chi connectivity index (χ0n) is 15.1. The van der Waals surface area contributed by atoms with Crippen molar-refractivity contribution in [1.29, 1.82) is 0 Å². The molecule has 7 heteroatoms. The molecule has 1 aliphatic rings. The summed E-state index contributed by atoms with van der Waals surface area (Å²) in [4.78, 5) is 7.64. The van der Waals surface area contributed by atoms with Crippen LogP contribution in [0.2, 0.25) is 0 Å². The summed E-state index contributed by atoms with van der Waals surface area (Å²) in [6, 6.07) is 4.79. The molecule has 0 unspecified atom stereocenters. The van der Waals surface area contributed by atoms with E-state index in [0.29, 0.717) is 45.1 Å². The number of aromatic amines is 1. The lowest BCUT2D eigenvalue weighted by Gasteiger charge is -2.30. The fourth-order valence-corrected chi connectivity index (χ4v) is 3.16. The summed E-state index contributed by atoms with van der Waals surface area (Å²) in [5, 5.41) is 18.1. The number of hydrogen-bond donors (Lipinski definition) is 4. The van der Waals surface area contributed by atoms with Crippen LogP contribution >= 0.6 is 0 Å². The van der Waals surface area contributed by atoms with Crippen molar-refractivity contribution in [3.63, 3.8) is 0 Å². The third-order valence-corrected chi connectivity index (χ3v) is 4.72. The van der Waals surface area contributed by atoms with E-state index in [2.05, 4.69) is 20.6 Å². The number of fused-ring (bicyclic) bond motifs is 1. The minimum atomic E-state index is -0.776. The molecule has 0 spiro atoms. The quantitative estimate of drug-likeness (QED) is 0.468. The van der Waals surface area contributed by atoms with Gasteiger partial charge in [-0.2, -0.15) is 0 Å². The lowest BCUT2D eigenvalue weighted by molar-refractivity contribution is -0.0565.